The molecule has 2 aromatic carbocycles. The molecule has 2 heterocycles. The molecule has 160 valence electrons. The molecule has 1 fully saturated rings. The van der Waals surface area contributed by atoms with Gasteiger partial charge >= 0.3 is 0 Å². The van der Waals surface area contributed by atoms with Crippen LogP contribution in [0.25, 0.3) is 11.3 Å². The van der Waals surface area contributed by atoms with Crippen molar-refractivity contribution in [2.75, 3.05) is 18.8 Å². The second-order valence-corrected chi connectivity index (χ2v) is 7.62. The van der Waals surface area contributed by atoms with Gasteiger partial charge in [-0.3, -0.25) is 9.59 Å². The zero-order chi connectivity index (χ0) is 22.0. The fourth-order valence-corrected chi connectivity index (χ4v) is 3.92. The summed E-state index contributed by atoms with van der Waals surface area (Å²) in [5.74, 6) is 0.992. The van der Waals surface area contributed by atoms with Gasteiger partial charge in [-0.05, 0) is 49.2 Å². The number of hydrogen-bond acceptors (Lipinski definition) is 5. The summed E-state index contributed by atoms with van der Waals surface area (Å²) in [7, 11) is 0. The molecule has 1 unspecified atom stereocenters. The zero-order valence-electron chi connectivity index (χ0n) is 17.3. The van der Waals surface area contributed by atoms with Gasteiger partial charge in [0, 0.05) is 25.6 Å². The molecule has 0 saturated carbocycles. The maximum absolute atomic E-state index is 12.2. The van der Waals surface area contributed by atoms with E-state index in [2.05, 4.69) is 5.10 Å². The molecule has 1 atom stereocenters. The van der Waals surface area contributed by atoms with Crippen molar-refractivity contribution in [2.45, 2.75) is 25.8 Å². The van der Waals surface area contributed by atoms with Crippen LogP contribution >= 0.6 is 0 Å². The molecule has 3 aromatic rings. The van der Waals surface area contributed by atoms with E-state index in [1.54, 1.807) is 28.6 Å². The number of hydrogen-bond donors (Lipinski definition) is 2. The third-order valence-electron chi connectivity index (χ3n) is 5.49. The molecule has 0 aliphatic carbocycles. The topological polar surface area (TPSA) is 116 Å². The van der Waals surface area contributed by atoms with Gasteiger partial charge in [-0.2, -0.15) is 5.10 Å². The smallest absolute Gasteiger partial charge is 0.254 e. The number of nitrogen functional groups attached to an aromatic ring is 1. The molecule has 31 heavy (non-hydrogen) atoms. The summed E-state index contributed by atoms with van der Waals surface area (Å²) in [4.78, 5) is 25.8. The third kappa shape index (κ3) is 4.23. The Morgan fingerprint density at radius 1 is 1.06 bits per heavy atom. The van der Waals surface area contributed by atoms with Gasteiger partial charge in [-0.25, -0.2) is 4.68 Å². The van der Waals surface area contributed by atoms with Crippen LogP contribution in [0.2, 0.25) is 0 Å². The van der Waals surface area contributed by atoms with Crippen LogP contribution < -0.4 is 16.2 Å². The normalized spacial score (nSPS) is 16.2. The number of likely N-dealkylation sites (tertiary alicyclic amines) is 1. The molecule has 0 spiro atoms. The van der Waals surface area contributed by atoms with Gasteiger partial charge < -0.3 is 21.1 Å². The summed E-state index contributed by atoms with van der Waals surface area (Å²) < 4.78 is 7.46. The summed E-state index contributed by atoms with van der Waals surface area (Å²) in [6.07, 6.45) is 1.66. The van der Waals surface area contributed by atoms with Crippen LogP contribution in [0.5, 0.6) is 11.5 Å². The van der Waals surface area contributed by atoms with E-state index in [0.29, 0.717) is 30.1 Å². The molecule has 8 nitrogen and oxygen atoms in total. The molecule has 0 bridgehead atoms. The maximum atomic E-state index is 12.2. The quantitative estimate of drug-likeness (QED) is 0.659. The van der Waals surface area contributed by atoms with E-state index in [9.17, 15) is 9.59 Å². The lowest BCUT2D eigenvalue weighted by Crippen LogP contribution is -2.40. The molecular formula is C23H25N5O3. The van der Waals surface area contributed by atoms with E-state index >= 15 is 0 Å². The second-order valence-electron chi connectivity index (χ2n) is 7.62. The van der Waals surface area contributed by atoms with Crippen LogP contribution in [0.3, 0.4) is 0 Å². The van der Waals surface area contributed by atoms with Crippen molar-refractivity contribution in [3.05, 3.63) is 60.2 Å². The molecular weight excluding hydrogens is 394 g/mol. The average molecular weight is 419 g/mol. The number of aromatic nitrogens is 2. The number of ether oxygens (including phenoxy) is 1. The third-order valence-corrected chi connectivity index (χ3v) is 5.49. The first-order valence-electron chi connectivity index (χ1n) is 10.2. The first-order chi connectivity index (χ1) is 14.9. The van der Waals surface area contributed by atoms with Gasteiger partial charge in [-0.15, -0.1) is 0 Å². The van der Waals surface area contributed by atoms with Crippen LogP contribution in [-0.4, -0.2) is 39.6 Å². The number of nitrogens with zero attached hydrogens (tertiary/aromatic N) is 3. The van der Waals surface area contributed by atoms with E-state index in [0.717, 1.165) is 18.6 Å². The standard InChI is InChI=1S/C23H25N5O3/c1-15(29)27-13-5-6-17(14-27)28-22(24)20(23(25)30)21(26-28)16-9-11-19(12-10-16)31-18-7-3-2-4-8-18/h2-4,7-12,17H,5-6,13-14,24H2,1H3,(H2,25,30). The number of carbonyl (C=O) groups is 2. The summed E-state index contributed by atoms with van der Waals surface area (Å²) >= 11 is 0. The highest BCUT2D eigenvalue weighted by Gasteiger charge is 2.29. The van der Waals surface area contributed by atoms with Crippen molar-refractivity contribution < 1.29 is 14.3 Å². The minimum atomic E-state index is -0.636. The van der Waals surface area contributed by atoms with Crippen molar-refractivity contribution in [2.24, 2.45) is 5.73 Å². The van der Waals surface area contributed by atoms with Crippen molar-refractivity contribution in [1.82, 2.24) is 14.7 Å². The number of rotatable bonds is 5. The highest BCUT2D eigenvalue weighted by atomic mass is 16.5. The van der Waals surface area contributed by atoms with E-state index in [1.165, 1.54) is 0 Å². The molecule has 4 N–H and O–H groups in total. The number of benzene rings is 2. The summed E-state index contributed by atoms with van der Waals surface area (Å²) in [6.45, 7) is 2.77. The molecule has 2 amide bonds. The fourth-order valence-electron chi connectivity index (χ4n) is 3.92. The number of nitrogens with two attached hydrogens (primary N) is 2. The number of primary amides is 1. The van der Waals surface area contributed by atoms with Crippen molar-refractivity contribution in [3.63, 3.8) is 0 Å². The van der Waals surface area contributed by atoms with Crippen LogP contribution in [-0.2, 0) is 4.79 Å². The van der Waals surface area contributed by atoms with Crippen molar-refractivity contribution >= 4 is 17.6 Å². The molecule has 8 heteroatoms. The Bertz CT molecular complexity index is 1090. The molecule has 4 rings (SSSR count). The predicted molar refractivity (Wildman–Crippen MR) is 118 cm³/mol. The average Bonchev–Trinajstić information content (AvgIpc) is 3.12. The molecule has 1 aliphatic rings. The van der Waals surface area contributed by atoms with E-state index in [-0.39, 0.29) is 23.3 Å². The highest BCUT2D eigenvalue weighted by molar-refractivity contribution is 6.03. The monoisotopic (exact) mass is 419 g/mol. The van der Waals surface area contributed by atoms with Gasteiger partial charge in [0.1, 0.15) is 28.6 Å². The lowest BCUT2D eigenvalue weighted by molar-refractivity contribution is -0.130. The van der Waals surface area contributed by atoms with Crippen molar-refractivity contribution in [3.8, 4) is 22.8 Å². The van der Waals surface area contributed by atoms with Crippen molar-refractivity contribution in [1.29, 1.82) is 0 Å². The Labute approximate surface area is 180 Å². The van der Waals surface area contributed by atoms with Crippen LogP contribution in [0.15, 0.2) is 54.6 Å². The molecule has 0 radical (unpaired) electrons. The molecule has 1 saturated heterocycles. The number of carbonyl (C=O) groups excluding carboxylic acids is 2. The Kier molecular flexibility index (Phi) is 5.62. The Balaban J connectivity index is 1.64. The minimum absolute atomic E-state index is 0.0137. The zero-order valence-corrected chi connectivity index (χ0v) is 17.3. The largest absolute Gasteiger partial charge is 0.457 e. The number of para-hydroxylation sites is 1. The maximum Gasteiger partial charge on any atom is 0.254 e. The summed E-state index contributed by atoms with van der Waals surface area (Å²) in [5.41, 5.74) is 13.3. The summed E-state index contributed by atoms with van der Waals surface area (Å²) in [6, 6.07) is 16.6. The van der Waals surface area contributed by atoms with Gasteiger partial charge in [-0.1, -0.05) is 18.2 Å². The highest BCUT2D eigenvalue weighted by Crippen LogP contribution is 2.33. The Hall–Kier alpha value is -3.81. The number of amides is 2. The molecule has 1 aromatic heterocycles. The second kappa shape index (κ2) is 8.51. The van der Waals surface area contributed by atoms with Gasteiger partial charge in [0.2, 0.25) is 5.91 Å². The Morgan fingerprint density at radius 3 is 2.39 bits per heavy atom. The number of anilines is 1. The van der Waals surface area contributed by atoms with Crippen LogP contribution in [0, 0.1) is 0 Å². The minimum Gasteiger partial charge on any atom is -0.457 e. The van der Waals surface area contributed by atoms with E-state index < -0.39 is 5.91 Å². The van der Waals surface area contributed by atoms with Gasteiger partial charge in [0.25, 0.3) is 5.91 Å². The SMILES string of the molecule is CC(=O)N1CCCC(n2nc(-c3ccc(Oc4ccccc4)cc3)c(C(N)=O)c2N)C1. The first kappa shape index (κ1) is 20.5. The van der Waals surface area contributed by atoms with Crippen LogP contribution in [0.4, 0.5) is 5.82 Å². The van der Waals surface area contributed by atoms with Gasteiger partial charge in [0.15, 0.2) is 0 Å². The lowest BCUT2D eigenvalue weighted by atomic mass is 10.1. The Morgan fingerprint density at radius 2 is 1.74 bits per heavy atom. The first-order valence-corrected chi connectivity index (χ1v) is 10.2. The summed E-state index contributed by atoms with van der Waals surface area (Å²) in [5, 5.41) is 4.64. The fraction of sp³-hybridized carbons (Fsp3) is 0.261. The van der Waals surface area contributed by atoms with E-state index in [1.807, 2.05) is 42.5 Å². The van der Waals surface area contributed by atoms with E-state index in [4.69, 9.17) is 16.2 Å². The van der Waals surface area contributed by atoms with Gasteiger partial charge in [0.05, 0.1) is 6.04 Å². The predicted octanol–water partition coefficient (Wildman–Crippen LogP) is 3.21. The lowest BCUT2D eigenvalue weighted by Gasteiger charge is -2.32. The molecule has 1 aliphatic heterocycles. The van der Waals surface area contributed by atoms with Crippen LogP contribution in [0.1, 0.15) is 36.2 Å². The number of piperidine rings is 1.